The molecule has 0 amide bonds. The van der Waals surface area contributed by atoms with Gasteiger partial charge in [0.25, 0.3) is 0 Å². The Morgan fingerprint density at radius 2 is 1.61 bits per heavy atom. The average Bonchev–Trinajstić information content (AvgIpc) is 2.50. The standard InChI is InChI=1S/C13H26N2O6.CH4O/c1-7(2)4-10(14)12(18)21-9(5-16)6-20-13(19)11(15)8(3)17;1-2/h7-11,16-17H,4-6,14-15H2,1-3H3;2H,1H3/t8-,9?,10+,11+;/m1./s1. The molecule has 23 heavy (non-hydrogen) atoms. The van der Waals surface area contributed by atoms with Crippen LogP contribution in [0.25, 0.3) is 0 Å². The van der Waals surface area contributed by atoms with Crippen molar-refractivity contribution in [1.82, 2.24) is 0 Å². The molecule has 1 unspecified atom stereocenters. The Labute approximate surface area is 136 Å². The Morgan fingerprint density at radius 3 is 2.00 bits per heavy atom. The second-order valence-electron chi connectivity index (χ2n) is 5.37. The largest absolute Gasteiger partial charge is 0.460 e. The van der Waals surface area contributed by atoms with Crippen LogP contribution in [-0.2, 0) is 19.1 Å². The molecule has 0 saturated heterocycles. The third-order valence-corrected chi connectivity index (χ3v) is 2.72. The number of hydrogen-bond donors (Lipinski definition) is 5. The summed E-state index contributed by atoms with van der Waals surface area (Å²) in [5, 5.41) is 25.2. The van der Waals surface area contributed by atoms with Crippen molar-refractivity contribution >= 4 is 11.9 Å². The van der Waals surface area contributed by atoms with Crippen LogP contribution >= 0.6 is 0 Å². The molecular formula is C14H30N2O7. The van der Waals surface area contributed by atoms with Gasteiger partial charge in [-0.05, 0) is 19.3 Å². The molecule has 9 nitrogen and oxygen atoms in total. The first kappa shape index (κ1) is 24.0. The summed E-state index contributed by atoms with van der Waals surface area (Å²) < 4.78 is 9.74. The summed E-state index contributed by atoms with van der Waals surface area (Å²) in [7, 11) is 1.00. The van der Waals surface area contributed by atoms with E-state index < -0.39 is 42.8 Å². The van der Waals surface area contributed by atoms with Gasteiger partial charge >= 0.3 is 11.9 Å². The van der Waals surface area contributed by atoms with E-state index in [1.54, 1.807) is 0 Å². The van der Waals surface area contributed by atoms with Crippen molar-refractivity contribution in [3.63, 3.8) is 0 Å². The highest BCUT2D eigenvalue weighted by atomic mass is 16.6. The molecule has 0 aromatic heterocycles. The molecule has 0 rings (SSSR count). The lowest BCUT2D eigenvalue weighted by molar-refractivity contribution is -0.164. The minimum Gasteiger partial charge on any atom is -0.460 e. The van der Waals surface area contributed by atoms with Gasteiger partial charge in [-0.25, -0.2) is 0 Å². The fourth-order valence-electron chi connectivity index (χ4n) is 1.45. The number of ether oxygens (including phenoxy) is 2. The predicted molar refractivity (Wildman–Crippen MR) is 83.2 cm³/mol. The second-order valence-corrected chi connectivity index (χ2v) is 5.37. The van der Waals surface area contributed by atoms with Crippen LogP contribution < -0.4 is 11.5 Å². The van der Waals surface area contributed by atoms with Gasteiger partial charge in [-0.2, -0.15) is 0 Å². The highest BCUT2D eigenvalue weighted by Crippen LogP contribution is 2.06. The first-order valence-electron chi connectivity index (χ1n) is 7.30. The summed E-state index contributed by atoms with van der Waals surface area (Å²) in [5.41, 5.74) is 11.0. The minimum absolute atomic E-state index is 0.224. The smallest absolute Gasteiger partial charge is 0.325 e. The van der Waals surface area contributed by atoms with Crippen molar-refractivity contribution in [3.8, 4) is 0 Å². The van der Waals surface area contributed by atoms with Gasteiger partial charge in [0.05, 0.1) is 12.7 Å². The van der Waals surface area contributed by atoms with Crippen molar-refractivity contribution in [2.24, 2.45) is 17.4 Å². The molecule has 0 heterocycles. The lowest BCUT2D eigenvalue weighted by atomic mass is 10.1. The summed E-state index contributed by atoms with van der Waals surface area (Å²) in [6, 6.07) is -1.99. The molecule has 4 atom stereocenters. The van der Waals surface area contributed by atoms with Gasteiger partial charge in [0.2, 0.25) is 0 Å². The fourth-order valence-corrected chi connectivity index (χ4v) is 1.45. The van der Waals surface area contributed by atoms with Crippen LogP contribution in [0.2, 0.25) is 0 Å². The van der Waals surface area contributed by atoms with Crippen molar-refractivity contribution in [1.29, 1.82) is 0 Å². The van der Waals surface area contributed by atoms with Gasteiger partial charge < -0.3 is 36.3 Å². The predicted octanol–water partition coefficient (Wildman–Crippen LogP) is -1.88. The van der Waals surface area contributed by atoms with Crippen molar-refractivity contribution < 1.29 is 34.4 Å². The maximum Gasteiger partial charge on any atom is 0.325 e. The first-order valence-corrected chi connectivity index (χ1v) is 7.30. The van der Waals surface area contributed by atoms with Gasteiger partial charge in [0.15, 0.2) is 6.10 Å². The number of esters is 2. The van der Waals surface area contributed by atoms with E-state index in [1.807, 2.05) is 13.8 Å². The summed E-state index contributed by atoms with van der Waals surface area (Å²) in [4.78, 5) is 23.1. The van der Waals surface area contributed by atoms with Crippen LogP contribution in [0.15, 0.2) is 0 Å². The molecule has 0 bridgehead atoms. The number of hydrogen-bond acceptors (Lipinski definition) is 9. The van der Waals surface area contributed by atoms with E-state index in [9.17, 15) is 9.59 Å². The number of aliphatic hydroxyl groups excluding tert-OH is 3. The molecule has 0 aromatic carbocycles. The van der Waals surface area contributed by atoms with Gasteiger partial charge in [-0.1, -0.05) is 13.8 Å². The van der Waals surface area contributed by atoms with Crippen LogP contribution in [0.4, 0.5) is 0 Å². The Balaban J connectivity index is 0. The van der Waals surface area contributed by atoms with E-state index in [1.165, 1.54) is 6.92 Å². The molecule has 0 fully saturated rings. The maximum atomic E-state index is 11.7. The van der Waals surface area contributed by atoms with Gasteiger partial charge in [-0.3, -0.25) is 9.59 Å². The van der Waals surface area contributed by atoms with E-state index in [-0.39, 0.29) is 12.5 Å². The van der Waals surface area contributed by atoms with Crippen molar-refractivity contribution in [3.05, 3.63) is 0 Å². The highest BCUT2D eigenvalue weighted by molar-refractivity contribution is 5.76. The van der Waals surface area contributed by atoms with Gasteiger partial charge in [-0.15, -0.1) is 0 Å². The third kappa shape index (κ3) is 11.0. The molecule has 0 saturated carbocycles. The van der Waals surface area contributed by atoms with Crippen molar-refractivity contribution in [2.75, 3.05) is 20.3 Å². The Hall–Kier alpha value is -1.26. The Morgan fingerprint density at radius 1 is 1.09 bits per heavy atom. The molecule has 0 aromatic rings. The number of aliphatic hydroxyl groups is 3. The average molecular weight is 338 g/mol. The quantitative estimate of drug-likeness (QED) is 0.302. The van der Waals surface area contributed by atoms with Crippen LogP contribution in [0.3, 0.4) is 0 Å². The molecule has 0 aliphatic heterocycles. The molecule has 7 N–H and O–H groups in total. The molecule has 138 valence electrons. The van der Waals surface area contributed by atoms with Crippen LogP contribution in [0.5, 0.6) is 0 Å². The Bertz CT molecular complexity index is 337. The van der Waals surface area contributed by atoms with E-state index in [0.29, 0.717) is 6.42 Å². The SMILES string of the molecule is CC(C)C[C@H](N)C(=O)OC(CO)COC(=O)[C@@H](N)[C@@H](C)O.CO. The van der Waals surface area contributed by atoms with E-state index >= 15 is 0 Å². The minimum atomic E-state index is -1.19. The van der Waals surface area contributed by atoms with E-state index in [4.69, 9.17) is 36.3 Å². The lowest BCUT2D eigenvalue weighted by Crippen LogP contribution is -2.43. The van der Waals surface area contributed by atoms with Crippen LogP contribution in [-0.4, -0.2) is 71.9 Å². The van der Waals surface area contributed by atoms with Crippen LogP contribution in [0.1, 0.15) is 27.2 Å². The zero-order chi connectivity index (χ0) is 18.6. The number of carbonyl (C=O) groups excluding carboxylic acids is 2. The lowest BCUT2D eigenvalue weighted by Gasteiger charge is -2.20. The summed E-state index contributed by atoms with van der Waals surface area (Å²) in [6.45, 7) is 4.30. The number of rotatable bonds is 9. The summed E-state index contributed by atoms with van der Waals surface area (Å²) in [6.07, 6.45) is -1.63. The van der Waals surface area contributed by atoms with Gasteiger partial charge in [0.1, 0.15) is 18.7 Å². The normalized spacial score (nSPS) is 15.7. The summed E-state index contributed by atoms with van der Waals surface area (Å²) in [5.74, 6) is -1.29. The molecule has 0 aliphatic rings. The zero-order valence-corrected chi connectivity index (χ0v) is 14.1. The van der Waals surface area contributed by atoms with Gasteiger partial charge in [0, 0.05) is 7.11 Å². The van der Waals surface area contributed by atoms with Crippen molar-refractivity contribution in [2.45, 2.75) is 51.5 Å². The fraction of sp³-hybridized carbons (Fsp3) is 0.857. The number of carbonyl (C=O) groups is 2. The van der Waals surface area contributed by atoms with E-state index in [2.05, 4.69) is 0 Å². The van der Waals surface area contributed by atoms with Crippen LogP contribution in [0, 0.1) is 5.92 Å². The zero-order valence-electron chi connectivity index (χ0n) is 14.1. The number of nitrogens with two attached hydrogens (primary N) is 2. The Kier molecular flexibility index (Phi) is 13.8. The van der Waals surface area contributed by atoms with E-state index in [0.717, 1.165) is 7.11 Å². The first-order chi connectivity index (χ1) is 10.7. The maximum absolute atomic E-state index is 11.7. The molecule has 0 spiro atoms. The molecule has 0 aliphatic carbocycles. The third-order valence-electron chi connectivity index (χ3n) is 2.72. The second kappa shape index (κ2) is 13.2. The topological polar surface area (TPSA) is 165 Å². The summed E-state index contributed by atoms with van der Waals surface area (Å²) >= 11 is 0. The molecular weight excluding hydrogens is 308 g/mol. The monoisotopic (exact) mass is 338 g/mol. The highest BCUT2D eigenvalue weighted by Gasteiger charge is 2.24. The molecule has 9 heteroatoms. The molecule has 0 radical (unpaired) electrons.